The van der Waals surface area contributed by atoms with E-state index in [0.717, 1.165) is 19.5 Å². The highest BCUT2D eigenvalue weighted by Crippen LogP contribution is 2.33. The fourth-order valence-electron chi connectivity index (χ4n) is 2.38. The summed E-state index contributed by atoms with van der Waals surface area (Å²) in [7, 11) is 0. The maximum atomic E-state index is 13.7. The van der Waals surface area contributed by atoms with Gasteiger partial charge in [-0.25, -0.2) is 4.39 Å². The van der Waals surface area contributed by atoms with E-state index in [9.17, 15) is 9.50 Å². The van der Waals surface area contributed by atoms with E-state index in [1.807, 2.05) is 0 Å². The number of aromatic hydroxyl groups is 1. The average molecular weight is 223 g/mol. The fraction of sp³-hybridized carbons (Fsp3) is 0.538. The summed E-state index contributed by atoms with van der Waals surface area (Å²) in [6.45, 7) is 6.18. The van der Waals surface area contributed by atoms with Crippen LogP contribution >= 0.6 is 0 Å². The third kappa shape index (κ3) is 2.29. The van der Waals surface area contributed by atoms with Crippen LogP contribution < -0.4 is 4.90 Å². The van der Waals surface area contributed by atoms with Gasteiger partial charge >= 0.3 is 0 Å². The number of halogens is 1. The smallest absolute Gasteiger partial charge is 0.150 e. The lowest BCUT2D eigenvalue weighted by molar-refractivity contribution is 0.291. The maximum absolute atomic E-state index is 13.7. The van der Waals surface area contributed by atoms with Crippen LogP contribution in [0.15, 0.2) is 18.2 Å². The van der Waals surface area contributed by atoms with Crippen LogP contribution in [0.2, 0.25) is 0 Å². The molecule has 3 heteroatoms. The molecule has 0 aliphatic carbocycles. The van der Waals surface area contributed by atoms with Crippen molar-refractivity contribution >= 4 is 5.69 Å². The molecule has 1 aliphatic rings. The quantitative estimate of drug-likeness (QED) is 0.790. The van der Waals surface area contributed by atoms with Gasteiger partial charge in [-0.1, -0.05) is 13.8 Å². The first-order chi connectivity index (χ1) is 7.48. The molecule has 0 atom stereocenters. The van der Waals surface area contributed by atoms with Gasteiger partial charge in [0.05, 0.1) is 5.69 Å². The standard InChI is InChI=1S/C13H18FNO/c1-13(2)6-3-7-15(9-13)12-5-4-10(16)8-11(12)14/h4-5,8,16H,3,6-7,9H2,1-2H3. The van der Waals surface area contributed by atoms with Crippen LogP contribution in [0.4, 0.5) is 10.1 Å². The second kappa shape index (κ2) is 3.96. The molecule has 1 fully saturated rings. The van der Waals surface area contributed by atoms with Gasteiger partial charge in [-0.15, -0.1) is 0 Å². The molecule has 1 aromatic rings. The molecule has 1 N–H and O–H groups in total. The molecule has 16 heavy (non-hydrogen) atoms. The molecule has 0 unspecified atom stereocenters. The minimum atomic E-state index is -0.335. The summed E-state index contributed by atoms with van der Waals surface area (Å²) >= 11 is 0. The monoisotopic (exact) mass is 223 g/mol. The van der Waals surface area contributed by atoms with E-state index in [1.54, 1.807) is 12.1 Å². The zero-order valence-electron chi connectivity index (χ0n) is 9.83. The van der Waals surface area contributed by atoms with Crippen LogP contribution in [0.5, 0.6) is 5.75 Å². The largest absolute Gasteiger partial charge is 0.508 e. The van der Waals surface area contributed by atoms with E-state index in [0.29, 0.717) is 5.69 Å². The molecule has 2 nitrogen and oxygen atoms in total. The first kappa shape index (κ1) is 11.2. The number of anilines is 1. The predicted octanol–water partition coefficient (Wildman–Crippen LogP) is 3.16. The van der Waals surface area contributed by atoms with Gasteiger partial charge in [0.25, 0.3) is 0 Å². The molecule has 1 saturated heterocycles. The Kier molecular flexibility index (Phi) is 2.78. The second-order valence-corrected chi connectivity index (χ2v) is 5.33. The predicted molar refractivity (Wildman–Crippen MR) is 63.3 cm³/mol. The molecule has 0 saturated carbocycles. The fourth-order valence-corrected chi connectivity index (χ4v) is 2.38. The van der Waals surface area contributed by atoms with E-state index in [4.69, 9.17) is 0 Å². The topological polar surface area (TPSA) is 23.5 Å². The summed E-state index contributed by atoms with van der Waals surface area (Å²) in [5.41, 5.74) is 0.841. The molecule has 0 bridgehead atoms. The van der Waals surface area contributed by atoms with Crippen LogP contribution in [0.1, 0.15) is 26.7 Å². The van der Waals surface area contributed by atoms with Gasteiger partial charge in [-0.2, -0.15) is 0 Å². The van der Waals surface area contributed by atoms with Crippen molar-refractivity contribution < 1.29 is 9.50 Å². The maximum Gasteiger partial charge on any atom is 0.150 e. The summed E-state index contributed by atoms with van der Waals surface area (Å²) < 4.78 is 13.7. The summed E-state index contributed by atoms with van der Waals surface area (Å²) in [5, 5.41) is 9.18. The molecule has 0 amide bonds. The van der Waals surface area contributed by atoms with Crippen LogP contribution in [-0.2, 0) is 0 Å². The van der Waals surface area contributed by atoms with Crippen molar-refractivity contribution in [2.24, 2.45) is 5.41 Å². The zero-order chi connectivity index (χ0) is 11.8. The molecule has 1 heterocycles. The van der Waals surface area contributed by atoms with Crippen LogP contribution in [0.25, 0.3) is 0 Å². The van der Waals surface area contributed by atoms with Crippen molar-refractivity contribution in [3.8, 4) is 5.75 Å². The molecule has 2 rings (SSSR count). The zero-order valence-corrected chi connectivity index (χ0v) is 9.83. The Bertz CT molecular complexity index is 390. The third-order valence-corrected chi connectivity index (χ3v) is 3.17. The van der Waals surface area contributed by atoms with Gasteiger partial charge in [0, 0.05) is 19.2 Å². The molecule has 0 aromatic heterocycles. The summed E-state index contributed by atoms with van der Waals surface area (Å²) in [4.78, 5) is 2.07. The van der Waals surface area contributed by atoms with Gasteiger partial charge in [0.2, 0.25) is 0 Å². The number of hydrogen-bond acceptors (Lipinski definition) is 2. The lowest BCUT2D eigenvalue weighted by Gasteiger charge is -2.39. The molecule has 88 valence electrons. The number of phenolic OH excluding ortho intramolecular Hbond substituents is 1. The Balaban J connectivity index is 2.23. The Labute approximate surface area is 95.7 Å². The van der Waals surface area contributed by atoms with E-state index in [2.05, 4.69) is 18.7 Å². The van der Waals surface area contributed by atoms with Gasteiger partial charge in [-0.3, -0.25) is 0 Å². The number of rotatable bonds is 1. The highest BCUT2D eigenvalue weighted by molar-refractivity contribution is 5.50. The summed E-state index contributed by atoms with van der Waals surface area (Å²) in [6, 6.07) is 4.38. The first-order valence-corrected chi connectivity index (χ1v) is 5.71. The number of piperidine rings is 1. The van der Waals surface area contributed by atoms with E-state index in [-0.39, 0.29) is 17.0 Å². The van der Waals surface area contributed by atoms with Gasteiger partial charge in [0.1, 0.15) is 11.6 Å². The van der Waals surface area contributed by atoms with Gasteiger partial charge < -0.3 is 10.0 Å². The Morgan fingerprint density at radius 2 is 2.12 bits per heavy atom. The van der Waals surface area contributed by atoms with E-state index in [1.165, 1.54) is 12.5 Å². The summed E-state index contributed by atoms with van der Waals surface area (Å²) in [6.07, 6.45) is 2.27. The average Bonchev–Trinajstić information content (AvgIpc) is 2.15. The number of nitrogens with zero attached hydrogens (tertiary/aromatic N) is 1. The molecule has 1 aliphatic heterocycles. The van der Waals surface area contributed by atoms with Crippen LogP contribution in [-0.4, -0.2) is 18.2 Å². The SMILES string of the molecule is CC1(C)CCCN(c2ccc(O)cc2F)C1. The van der Waals surface area contributed by atoms with E-state index >= 15 is 0 Å². The molecular formula is C13H18FNO. The van der Waals surface area contributed by atoms with Crippen molar-refractivity contribution in [1.29, 1.82) is 0 Å². The highest BCUT2D eigenvalue weighted by Gasteiger charge is 2.27. The molecular weight excluding hydrogens is 205 g/mol. The van der Waals surface area contributed by atoms with Crippen molar-refractivity contribution in [2.45, 2.75) is 26.7 Å². The normalized spacial score (nSPS) is 19.8. The number of hydrogen-bond donors (Lipinski definition) is 1. The van der Waals surface area contributed by atoms with Crippen LogP contribution in [0.3, 0.4) is 0 Å². The van der Waals surface area contributed by atoms with Gasteiger partial charge in [0.15, 0.2) is 0 Å². The van der Waals surface area contributed by atoms with E-state index < -0.39 is 0 Å². The second-order valence-electron chi connectivity index (χ2n) is 5.33. The minimum Gasteiger partial charge on any atom is -0.508 e. The summed E-state index contributed by atoms with van der Waals surface area (Å²) in [5.74, 6) is -0.352. The van der Waals surface area contributed by atoms with Gasteiger partial charge in [-0.05, 0) is 30.4 Å². The lowest BCUT2D eigenvalue weighted by Crippen LogP contribution is -2.40. The number of phenols is 1. The first-order valence-electron chi connectivity index (χ1n) is 5.71. The Morgan fingerprint density at radius 1 is 1.38 bits per heavy atom. The van der Waals surface area contributed by atoms with Crippen molar-refractivity contribution in [1.82, 2.24) is 0 Å². The molecule has 0 spiro atoms. The van der Waals surface area contributed by atoms with Crippen molar-refractivity contribution in [2.75, 3.05) is 18.0 Å². The Morgan fingerprint density at radius 3 is 2.75 bits per heavy atom. The third-order valence-electron chi connectivity index (χ3n) is 3.17. The highest BCUT2D eigenvalue weighted by atomic mass is 19.1. The molecule has 1 aromatic carbocycles. The lowest BCUT2D eigenvalue weighted by atomic mass is 9.84. The van der Waals surface area contributed by atoms with Crippen molar-refractivity contribution in [3.05, 3.63) is 24.0 Å². The molecule has 0 radical (unpaired) electrons. The van der Waals surface area contributed by atoms with Crippen molar-refractivity contribution in [3.63, 3.8) is 0 Å². The Hall–Kier alpha value is -1.25. The number of benzene rings is 1. The minimum absolute atomic E-state index is 0.0162. The van der Waals surface area contributed by atoms with Crippen LogP contribution in [0, 0.1) is 11.2 Å².